The molecule has 1 heterocycles. The van der Waals surface area contributed by atoms with Crippen molar-refractivity contribution in [2.45, 2.75) is 18.7 Å². The molecule has 21 heavy (non-hydrogen) atoms. The van der Waals surface area contributed by atoms with E-state index in [0.717, 1.165) is 17.8 Å². The summed E-state index contributed by atoms with van der Waals surface area (Å²) in [5, 5.41) is 0. The first kappa shape index (κ1) is 15.2. The molecule has 2 nitrogen and oxygen atoms in total. The van der Waals surface area contributed by atoms with Gasteiger partial charge in [0.05, 0.1) is 6.20 Å². The predicted octanol–water partition coefficient (Wildman–Crippen LogP) is 4.31. The molecule has 0 N–H and O–H groups in total. The van der Waals surface area contributed by atoms with Crippen molar-refractivity contribution in [3.63, 3.8) is 0 Å². The minimum atomic E-state index is -5.67. The summed E-state index contributed by atoms with van der Waals surface area (Å²) in [6.45, 7) is 0.164. The van der Waals surface area contributed by atoms with Gasteiger partial charge in [-0.25, -0.2) is 0 Å². The molecule has 0 saturated carbocycles. The number of rotatable bonds is 4. The summed E-state index contributed by atoms with van der Waals surface area (Å²) in [7, 11) is 0. The Balaban J connectivity index is 2.06. The van der Waals surface area contributed by atoms with Crippen molar-refractivity contribution >= 4 is 0 Å². The third-order valence-corrected chi connectivity index (χ3v) is 2.66. The van der Waals surface area contributed by atoms with Crippen LogP contribution in [-0.2, 0) is 12.5 Å². The molecular formula is C14H10F5NO. The topological polar surface area (TPSA) is 22.1 Å². The maximum absolute atomic E-state index is 13.0. The zero-order valence-corrected chi connectivity index (χ0v) is 10.6. The third kappa shape index (κ3) is 3.48. The number of pyridine rings is 1. The quantitative estimate of drug-likeness (QED) is 0.785. The van der Waals surface area contributed by atoms with Gasteiger partial charge in [-0.15, -0.1) is 0 Å². The van der Waals surface area contributed by atoms with E-state index in [1.165, 1.54) is 0 Å². The molecule has 0 radical (unpaired) electrons. The number of halogens is 5. The molecule has 2 rings (SSSR count). The Kier molecular flexibility index (Phi) is 4.11. The van der Waals surface area contributed by atoms with Crippen molar-refractivity contribution in [1.29, 1.82) is 0 Å². The maximum Gasteiger partial charge on any atom is 0.459 e. The van der Waals surface area contributed by atoms with Gasteiger partial charge in [0.15, 0.2) is 0 Å². The summed E-state index contributed by atoms with van der Waals surface area (Å²) in [5.41, 5.74) is -0.524. The molecule has 0 amide bonds. The maximum atomic E-state index is 13.0. The summed E-state index contributed by atoms with van der Waals surface area (Å²) in [5.74, 6) is -4.87. The lowest BCUT2D eigenvalue weighted by molar-refractivity contribution is -0.290. The van der Waals surface area contributed by atoms with Gasteiger partial charge < -0.3 is 4.74 Å². The van der Waals surface area contributed by atoms with Crippen LogP contribution in [0, 0.1) is 0 Å². The summed E-state index contributed by atoms with van der Waals surface area (Å²) >= 11 is 0. The molecule has 0 bridgehead atoms. The lowest BCUT2D eigenvalue weighted by atomic mass is 10.2. The molecule has 0 aliphatic heterocycles. The smallest absolute Gasteiger partial charge is 0.459 e. The number of nitrogens with zero attached hydrogens (tertiary/aromatic N) is 1. The van der Waals surface area contributed by atoms with E-state index >= 15 is 0 Å². The van der Waals surface area contributed by atoms with Gasteiger partial charge in [0.2, 0.25) is 0 Å². The lowest BCUT2D eigenvalue weighted by Crippen LogP contribution is -2.34. The van der Waals surface area contributed by atoms with Crippen molar-refractivity contribution in [1.82, 2.24) is 4.98 Å². The fraction of sp³-hybridized carbons (Fsp3) is 0.214. The fourth-order valence-electron chi connectivity index (χ4n) is 1.54. The predicted molar refractivity (Wildman–Crippen MR) is 65.0 cm³/mol. The first-order chi connectivity index (χ1) is 9.80. The summed E-state index contributed by atoms with van der Waals surface area (Å²) in [6.07, 6.45) is -4.83. The monoisotopic (exact) mass is 303 g/mol. The molecule has 0 aliphatic carbocycles. The molecule has 1 aromatic carbocycles. The first-order valence-electron chi connectivity index (χ1n) is 5.88. The van der Waals surface area contributed by atoms with Crippen LogP contribution in [0.5, 0.6) is 5.75 Å². The molecule has 0 saturated heterocycles. The standard InChI is InChI=1S/C14H10F5NO/c15-13(16,14(17,18)19)12-7-6-11(8-20-12)21-9-10-4-2-1-3-5-10/h1-8H,9H2. The Bertz CT molecular complexity index is 581. The minimum absolute atomic E-state index is 0.112. The largest absolute Gasteiger partial charge is 0.487 e. The molecule has 0 unspecified atom stereocenters. The second-order valence-electron chi connectivity index (χ2n) is 4.23. The molecular weight excluding hydrogens is 293 g/mol. The van der Waals surface area contributed by atoms with Gasteiger partial charge in [0.25, 0.3) is 0 Å². The van der Waals surface area contributed by atoms with Crippen LogP contribution >= 0.6 is 0 Å². The normalized spacial score (nSPS) is 12.2. The van der Waals surface area contributed by atoms with Crippen molar-refractivity contribution in [2.24, 2.45) is 0 Å². The number of aromatic nitrogens is 1. The van der Waals surface area contributed by atoms with E-state index in [0.29, 0.717) is 6.07 Å². The van der Waals surface area contributed by atoms with Crippen LogP contribution in [0.25, 0.3) is 0 Å². The molecule has 1 aromatic heterocycles. The highest BCUT2D eigenvalue weighted by Crippen LogP contribution is 2.43. The van der Waals surface area contributed by atoms with Crippen LogP contribution < -0.4 is 4.74 Å². The molecule has 0 aliphatic rings. The van der Waals surface area contributed by atoms with Gasteiger partial charge in [-0.05, 0) is 17.7 Å². The summed E-state index contributed by atoms with van der Waals surface area (Å²) < 4.78 is 67.8. The van der Waals surface area contributed by atoms with E-state index in [-0.39, 0.29) is 12.4 Å². The van der Waals surface area contributed by atoms with Crippen LogP contribution in [0.15, 0.2) is 48.7 Å². The van der Waals surface area contributed by atoms with Crippen molar-refractivity contribution in [3.05, 3.63) is 59.9 Å². The van der Waals surface area contributed by atoms with Crippen molar-refractivity contribution in [2.75, 3.05) is 0 Å². The van der Waals surface area contributed by atoms with Gasteiger partial charge in [0, 0.05) is 0 Å². The Labute approximate surface area is 117 Å². The van der Waals surface area contributed by atoms with E-state index < -0.39 is 17.8 Å². The van der Waals surface area contributed by atoms with Crippen LogP contribution in [-0.4, -0.2) is 11.2 Å². The fourth-order valence-corrected chi connectivity index (χ4v) is 1.54. The third-order valence-electron chi connectivity index (χ3n) is 2.66. The van der Waals surface area contributed by atoms with E-state index in [4.69, 9.17) is 4.74 Å². The van der Waals surface area contributed by atoms with Crippen molar-refractivity contribution in [3.8, 4) is 5.75 Å². The average molecular weight is 303 g/mol. The van der Waals surface area contributed by atoms with Gasteiger partial charge in [0.1, 0.15) is 18.1 Å². The highest BCUT2D eigenvalue weighted by atomic mass is 19.4. The van der Waals surface area contributed by atoms with E-state index in [1.54, 1.807) is 24.3 Å². The van der Waals surface area contributed by atoms with Gasteiger partial charge in [-0.3, -0.25) is 4.98 Å². The zero-order valence-electron chi connectivity index (χ0n) is 10.6. The Morgan fingerprint density at radius 3 is 2.10 bits per heavy atom. The number of hydrogen-bond acceptors (Lipinski definition) is 2. The second-order valence-corrected chi connectivity index (χ2v) is 4.23. The Morgan fingerprint density at radius 2 is 1.57 bits per heavy atom. The number of alkyl halides is 5. The lowest BCUT2D eigenvalue weighted by Gasteiger charge is -2.18. The molecule has 0 atom stereocenters. The average Bonchev–Trinajstić information content (AvgIpc) is 2.45. The van der Waals surface area contributed by atoms with Gasteiger partial charge in [-0.2, -0.15) is 22.0 Å². The van der Waals surface area contributed by atoms with Crippen molar-refractivity contribution < 1.29 is 26.7 Å². The molecule has 112 valence electrons. The second kappa shape index (κ2) is 5.67. The van der Waals surface area contributed by atoms with Crippen LogP contribution in [0.1, 0.15) is 11.3 Å². The highest BCUT2D eigenvalue weighted by Gasteiger charge is 2.59. The van der Waals surface area contributed by atoms with E-state index in [1.807, 2.05) is 6.07 Å². The summed E-state index contributed by atoms with van der Waals surface area (Å²) in [6, 6.07) is 10.6. The minimum Gasteiger partial charge on any atom is -0.487 e. The Hall–Kier alpha value is -2.18. The molecule has 2 aromatic rings. The molecule has 0 fully saturated rings. The van der Waals surface area contributed by atoms with Gasteiger partial charge >= 0.3 is 12.1 Å². The van der Waals surface area contributed by atoms with Crippen LogP contribution in [0.3, 0.4) is 0 Å². The SMILES string of the molecule is FC(F)(F)C(F)(F)c1ccc(OCc2ccccc2)cn1. The summed E-state index contributed by atoms with van der Waals surface area (Å²) in [4.78, 5) is 3.13. The zero-order chi connectivity index (χ0) is 15.5. The van der Waals surface area contributed by atoms with Gasteiger partial charge in [-0.1, -0.05) is 30.3 Å². The van der Waals surface area contributed by atoms with Crippen LogP contribution in [0.4, 0.5) is 22.0 Å². The number of benzene rings is 1. The number of hydrogen-bond donors (Lipinski definition) is 0. The molecule has 0 spiro atoms. The first-order valence-corrected chi connectivity index (χ1v) is 5.88. The number of ether oxygens (including phenoxy) is 1. The van der Waals surface area contributed by atoms with Crippen LogP contribution in [0.2, 0.25) is 0 Å². The van der Waals surface area contributed by atoms with E-state index in [2.05, 4.69) is 4.98 Å². The van der Waals surface area contributed by atoms with E-state index in [9.17, 15) is 22.0 Å². The Morgan fingerprint density at radius 1 is 0.905 bits per heavy atom. The molecule has 7 heteroatoms. The highest BCUT2D eigenvalue weighted by molar-refractivity contribution is 5.24.